The predicted molar refractivity (Wildman–Crippen MR) is 77.9 cm³/mol. The average molecular weight is 249 g/mol. The monoisotopic (exact) mass is 249 g/mol. The van der Waals surface area contributed by atoms with E-state index in [4.69, 9.17) is 0 Å². The van der Waals surface area contributed by atoms with Crippen LogP contribution in [-0.4, -0.2) is 18.8 Å². The SMILES string of the molecule is Cc1ccc(C(C)(C)C)cc1C1CNCCS1. The van der Waals surface area contributed by atoms with Gasteiger partial charge >= 0.3 is 0 Å². The van der Waals surface area contributed by atoms with Gasteiger partial charge in [0.2, 0.25) is 0 Å². The zero-order chi connectivity index (χ0) is 12.5. The first-order valence-electron chi connectivity index (χ1n) is 6.42. The van der Waals surface area contributed by atoms with Crippen LogP contribution < -0.4 is 5.32 Å². The van der Waals surface area contributed by atoms with Gasteiger partial charge in [0.15, 0.2) is 0 Å². The van der Waals surface area contributed by atoms with Crippen LogP contribution in [0.3, 0.4) is 0 Å². The Hall–Kier alpha value is -0.470. The molecule has 0 amide bonds. The standard InChI is InChI=1S/C15H23NS/c1-11-5-6-12(15(2,3)4)9-13(11)14-10-16-7-8-17-14/h5-6,9,14,16H,7-8,10H2,1-4H3. The van der Waals surface area contributed by atoms with Crippen LogP contribution in [0.15, 0.2) is 18.2 Å². The number of nitrogens with one attached hydrogen (secondary N) is 1. The van der Waals surface area contributed by atoms with Crippen molar-refractivity contribution in [2.45, 2.75) is 38.4 Å². The molecule has 1 saturated heterocycles. The predicted octanol–water partition coefficient (Wildman–Crippen LogP) is 3.67. The average Bonchev–Trinajstić information content (AvgIpc) is 2.29. The molecule has 1 unspecified atom stereocenters. The van der Waals surface area contributed by atoms with Crippen LogP contribution in [0.4, 0.5) is 0 Å². The Morgan fingerprint density at radius 2 is 2.06 bits per heavy atom. The summed E-state index contributed by atoms with van der Waals surface area (Å²) in [5, 5.41) is 4.13. The summed E-state index contributed by atoms with van der Waals surface area (Å²) >= 11 is 2.09. The molecule has 1 nitrogen and oxygen atoms in total. The number of aryl methyl sites for hydroxylation is 1. The van der Waals surface area contributed by atoms with E-state index < -0.39 is 0 Å². The van der Waals surface area contributed by atoms with Crippen molar-refractivity contribution in [2.75, 3.05) is 18.8 Å². The molecule has 0 bridgehead atoms. The summed E-state index contributed by atoms with van der Waals surface area (Å²) in [4.78, 5) is 0. The topological polar surface area (TPSA) is 12.0 Å². The highest BCUT2D eigenvalue weighted by atomic mass is 32.2. The number of hydrogen-bond donors (Lipinski definition) is 1. The minimum absolute atomic E-state index is 0.245. The van der Waals surface area contributed by atoms with E-state index in [0.29, 0.717) is 5.25 Å². The Bertz CT molecular complexity index is 386. The summed E-state index contributed by atoms with van der Waals surface area (Å²) in [5.41, 5.74) is 4.65. The molecule has 0 aromatic heterocycles. The summed E-state index contributed by atoms with van der Waals surface area (Å²) in [5.74, 6) is 1.23. The molecule has 0 saturated carbocycles. The molecule has 0 spiro atoms. The van der Waals surface area contributed by atoms with Gasteiger partial charge in [0.25, 0.3) is 0 Å². The Balaban J connectivity index is 2.31. The van der Waals surface area contributed by atoms with Gasteiger partial charge in [-0.1, -0.05) is 39.0 Å². The zero-order valence-corrected chi connectivity index (χ0v) is 12.2. The molecular formula is C15H23NS. The second kappa shape index (κ2) is 5.03. The fourth-order valence-electron chi connectivity index (χ4n) is 2.22. The molecule has 0 aliphatic carbocycles. The largest absolute Gasteiger partial charge is 0.314 e. The van der Waals surface area contributed by atoms with E-state index in [9.17, 15) is 0 Å². The third kappa shape index (κ3) is 3.05. The molecule has 2 heteroatoms. The summed E-state index contributed by atoms with van der Waals surface area (Å²) in [6.45, 7) is 11.4. The van der Waals surface area contributed by atoms with E-state index in [1.54, 1.807) is 0 Å². The first kappa shape index (κ1) is 13.0. The molecule has 94 valence electrons. The second-order valence-electron chi connectivity index (χ2n) is 5.88. The van der Waals surface area contributed by atoms with Crippen molar-refractivity contribution in [2.24, 2.45) is 0 Å². The van der Waals surface area contributed by atoms with Crippen LogP contribution in [0.1, 0.15) is 42.7 Å². The van der Waals surface area contributed by atoms with Crippen LogP contribution in [0.25, 0.3) is 0 Å². The zero-order valence-electron chi connectivity index (χ0n) is 11.3. The van der Waals surface area contributed by atoms with E-state index >= 15 is 0 Å². The molecule has 1 aromatic rings. The lowest BCUT2D eigenvalue weighted by Gasteiger charge is -2.27. The van der Waals surface area contributed by atoms with Crippen LogP contribution in [0, 0.1) is 6.92 Å². The molecular weight excluding hydrogens is 226 g/mol. The molecule has 1 fully saturated rings. The van der Waals surface area contributed by atoms with Gasteiger partial charge in [-0.05, 0) is 29.0 Å². The lowest BCUT2D eigenvalue weighted by molar-refractivity contribution is 0.588. The minimum Gasteiger partial charge on any atom is -0.314 e. The smallest absolute Gasteiger partial charge is 0.0425 e. The summed E-state index contributed by atoms with van der Waals surface area (Å²) in [6.07, 6.45) is 0. The molecule has 1 atom stereocenters. The number of hydrogen-bond acceptors (Lipinski definition) is 2. The van der Waals surface area contributed by atoms with Crippen molar-refractivity contribution in [1.29, 1.82) is 0 Å². The van der Waals surface area contributed by atoms with Crippen molar-refractivity contribution in [1.82, 2.24) is 5.32 Å². The van der Waals surface area contributed by atoms with Crippen LogP contribution in [0.2, 0.25) is 0 Å². The van der Waals surface area contributed by atoms with Crippen molar-refractivity contribution >= 4 is 11.8 Å². The van der Waals surface area contributed by atoms with E-state index in [1.165, 1.54) is 22.4 Å². The maximum atomic E-state index is 3.50. The van der Waals surface area contributed by atoms with Crippen LogP contribution in [0.5, 0.6) is 0 Å². The highest BCUT2D eigenvalue weighted by Crippen LogP contribution is 2.34. The third-order valence-electron chi connectivity index (χ3n) is 3.42. The Morgan fingerprint density at radius 3 is 2.65 bits per heavy atom. The Labute approximate surface area is 109 Å². The van der Waals surface area contributed by atoms with E-state index in [2.05, 4.69) is 63.0 Å². The Kier molecular flexibility index (Phi) is 3.84. The van der Waals surface area contributed by atoms with Gasteiger partial charge in [0.1, 0.15) is 0 Å². The fraction of sp³-hybridized carbons (Fsp3) is 0.600. The van der Waals surface area contributed by atoms with Crippen molar-refractivity contribution in [3.05, 3.63) is 34.9 Å². The fourth-order valence-corrected chi connectivity index (χ4v) is 3.43. The molecule has 2 rings (SSSR count). The summed E-state index contributed by atoms with van der Waals surface area (Å²) in [6, 6.07) is 6.98. The molecule has 1 aliphatic heterocycles. The van der Waals surface area contributed by atoms with Crippen molar-refractivity contribution in [3.63, 3.8) is 0 Å². The van der Waals surface area contributed by atoms with Gasteiger partial charge in [0.05, 0.1) is 0 Å². The quantitative estimate of drug-likeness (QED) is 0.815. The van der Waals surface area contributed by atoms with Gasteiger partial charge in [-0.3, -0.25) is 0 Å². The minimum atomic E-state index is 0.245. The normalized spacial score (nSPS) is 21.5. The van der Waals surface area contributed by atoms with Crippen LogP contribution >= 0.6 is 11.8 Å². The molecule has 1 aromatic carbocycles. The molecule has 0 radical (unpaired) electrons. The van der Waals surface area contributed by atoms with E-state index in [0.717, 1.165) is 13.1 Å². The van der Waals surface area contributed by atoms with Crippen LogP contribution in [-0.2, 0) is 5.41 Å². The van der Waals surface area contributed by atoms with Gasteiger partial charge in [-0.25, -0.2) is 0 Å². The van der Waals surface area contributed by atoms with E-state index in [-0.39, 0.29) is 5.41 Å². The third-order valence-corrected chi connectivity index (χ3v) is 4.68. The molecule has 1 heterocycles. The summed E-state index contributed by atoms with van der Waals surface area (Å²) < 4.78 is 0. The number of benzene rings is 1. The lowest BCUT2D eigenvalue weighted by atomic mass is 9.85. The van der Waals surface area contributed by atoms with Crippen molar-refractivity contribution < 1.29 is 0 Å². The first-order valence-corrected chi connectivity index (χ1v) is 7.47. The maximum absolute atomic E-state index is 3.50. The highest BCUT2D eigenvalue weighted by Gasteiger charge is 2.20. The first-order chi connectivity index (χ1) is 7.98. The molecule has 1 N–H and O–H groups in total. The summed E-state index contributed by atoms with van der Waals surface area (Å²) in [7, 11) is 0. The van der Waals surface area contributed by atoms with Gasteiger partial charge in [0, 0.05) is 24.1 Å². The maximum Gasteiger partial charge on any atom is 0.0425 e. The van der Waals surface area contributed by atoms with Gasteiger partial charge in [-0.15, -0.1) is 0 Å². The highest BCUT2D eigenvalue weighted by molar-refractivity contribution is 7.99. The lowest BCUT2D eigenvalue weighted by Crippen LogP contribution is -2.28. The molecule has 17 heavy (non-hydrogen) atoms. The van der Waals surface area contributed by atoms with Gasteiger partial charge in [-0.2, -0.15) is 11.8 Å². The second-order valence-corrected chi connectivity index (χ2v) is 7.20. The van der Waals surface area contributed by atoms with Crippen molar-refractivity contribution in [3.8, 4) is 0 Å². The van der Waals surface area contributed by atoms with E-state index in [1.807, 2.05) is 0 Å². The van der Waals surface area contributed by atoms with Gasteiger partial charge < -0.3 is 5.32 Å². The Morgan fingerprint density at radius 1 is 1.29 bits per heavy atom. The number of rotatable bonds is 1. The number of thioether (sulfide) groups is 1. The molecule has 1 aliphatic rings.